The van der Waals surface area contributed by atoms with Gasteiger partial charge in [0.25, 0.3) is 0 Å². The molecule has 1 aromatic rings. The van der Waals surface area contributed by atoms with Gasteiger partial charge in [-0.15, -0.1) is 0 Å². The minimum absolute atomic E-state index is 0.223. The van der Waals surface area contributed by atoms with Gasteiger partial charge in [0.05, 0.1) is 5.92 Å². The van der Waals surface area contributed by atoms with Crippen LogP contribution < -0.4 is 4.74 Å². The van der Waals surface area contributed by atoms with Gasteiger partial charge in [-0.3, -0.25) is 4.79 Å². The van der Waals surface area contributed by atoms with Gasteiger partial charge < -0.3 is 9.84 Å². The second-order valence-electron chi connectivity index (χ2n) is 5.11. The molecule has 1 fully saturated rings. The van der Waals surface area contributed by atoms with Crippen LogP contribution in [0.5, 0.6) is 5.75 Å². The minimum atomic E-state index is -0.756. The summed E-state index contributed by atoms with van der Waals surface area (Å²) < 4.78 is 5.60. The fourth-order valence-electron chi connectivity index (χ4n) is 2.69. The topological polar surface area (TPSA) is 46.5 Å². The third-order valence-electron chi connectivity index (χ3n) is 3.76. The summed E-state index contributed by atoms with van der Waals surface area (Å²) in [5.74, 6) is -0.298. The van der Waals surface area contributed by atoms with Gasteiger partial charge in [0.2, 0.25) is 0 Å². The molecule has 1 aromatic carbocycles. The lowest BCUT2D eigenvalue weighted by Gasteiger charge is -2.27. The zero-order valence-electron chi connectivity index (χ0n) is 10.8. The van der Waals surface area contributed by atoms with Crippen molar-refractivity contribution >= 4 is 17.6 Å². The van der Waals surface area contributed by atoms with Gasteiger partial charge in [0.15, 0.2) is 0 Å². The van der Waals surface area contributed by atoms with Crippen LogP contribution in [0.1, 0.15) is 32.1 Å². The number of hydrogen-bond donors (Lipinski definition) is 1. The summed E-state index contributed by atoms with van der Waals surface area (Å²) in [4.78, 5) is 11.4. The van der Waals surface area contributed by atoms with Gasteiger partial charge in [-0.25, -0.2) is 0 Å². The van der Waals surface area contributed by atoms with Gasteiger partial charge in [0, 0.05) is 5.02 Å². The van der Waals surface area contributed by atoms with Gasteiger partial charge in [-0.2, -0.15) is 0 Å². The third kappa shape index (κ3) is 4.13. The van der Waals surface area contributed by atoms with Crippen molar-refractivity contribution in [2.75, 3.05) is 6.61 Å². The molecule has 0 bridgehead atoms. The van der Waals surface area contributed by atoms with Crippen LogP contribution in [0.4, 0.5) is 0 Å². The Morgan fingerprint density at radius 2 is 2.11 bits per heavy atom. The van der Waals surface area contributed by atoms with Gasteiger partial charge in [0.1, 0.15) is 12.4 Å². The first-order valence-corrected chi connectivity index (χ1v) is 7.16. The fourth-order valence-corrected chi connectivity index (χ4v) is 2.87. The first-order valence-electron chi connectivity index (χ1n) is 6.78. The normalized spacial score (nSPS) is 17.9. The van der Waals surface area contributed by atoms with E-state index in [9.17, 15) is 9.90 Å². The molecule has 0 aliphatic heterocycles. The van der Waals surface area contributed by atoms with Crippen LogP contribution >= 0.6 is 11.6 Å². The molecular formula is C15H19ClO3. The molecule has 0 spiro atoms. The summed E-state index contributed by atoms with van der Waals surface area (Å²) in [6.45, 7) is 0.223. The molecule has 0 heterocycles. The second-order valence-corrected chi connectivity index (χ2v) is 5.55. The fraction of sp³-hybridized carbons (Fsp3) is 0.533. The molecule has 0 aromatic heterocycles. The maximum atomic E-state index is 11.4. The molecule has 0 saturated heterocycles. The van der Waals surface area contributed by atoms with Gasteiger partial charge in [-0.1, -0.05) is 36.9 Å². The third-order valence-corrected chi connectivity index (χ3v) is 4.00. The van der Waals surface area contributed by atoms with Gasteiger partial charge in [-0.05, 0) is 37.0 Å². The van der Waals surface area contributed by atoms with E-state index in [1.807, 2.05) is 0 Å². The molecule has 1 aliphatic carbocycles. The smallest absolute Gasteiger partial charge is 0.310 e. The Bertz CT molecular complexity index is 427. The molecule has 1 N–H and O–H groups in total. The van der Waals surface area contributed by atoms with Crippen molar-refractivity contribution in [3.05, 3.63) is 29.3 Å². The Balaban J connectivity index is 1.95. The van der Waals surface area contributed by atoms with E-state index in [-0.39, 0.29) is 12.5 Å². The molecule has 0 radical (unpaired) electrons. The Hall–Kier alpha value is -1.22. The molecule has 0 amide bonds. The van der Waals surface area contributed by atoms with E-state index in [0.29, 0.717) is 10.8 Å². The van der Waals surface area contributed by atoms with Crippen molar-refractivity contribution in [1.82, 2.24) is 0 Å². The molecule has 1 atom stereocenters. The summed E-state index contributed by atoms with van der Waals surface area (Å²) >= 11 is 5.88. The Morgan fingerprint density at radius 3 is 2.74 bits per heavy atom. The highest BCUT2D eigenvalue weighted by Gasteiger charge is 2.29. The number of hydrogen-bond acceptors (Lipinski definition) is 2. The lowest BCUT2D eigenvalue weighted by molar-refractivity contribution is -0.145. The monoisotopic (exact) mass is 282 g/mol. The van der Waals surface area contributed by atoms with E-state index < -0.39 is 11.9 Å². The number of ether oxygens (including phenoxy) is 1. The SMILES string of the molecule is O=C(O)C(COc1cccc(Cl)c1)C1CCCCC1. The van der Waals surface area contributed by atoms with Crippen molar-refractivity contribution < 1.29 is 14.6 Å². The Labute approximate surface area is 118 Å². The number of carboxylic acid groups (broad SMARTS) is 1. The summed E-state index contributed by atoms with van der Waals surface area (Å²) in [5.41, 5.74) is 0. The highest BCUT2D eigenvalue weighted by Crippen LogP contribution is 2.31. The number of aliphatic carboxylic acids is 1. The Morgan fingerprint density at radius 1 is 1.37 bits per heavy atom. The standard InChI is InChI=1S/C15H19ClO3/c16-12-7-4-8-13(9-12)19-10-14(15(17)18)11-5-2-1-3-6-11/h4,7-9,11,14H,1-3,5-6,10H2,(H,17,18). The largest absolute Gasteiger partial charge is 0.493 e. The number of carbonyl (C=O) groups is 1. The summed E-state index contributed by atoms with van der Waals surface area (Å²) in [5, 5.41) is 9.95. The lowest BCUT2D eigenvalue weighted by atomic mass is 9.80. The predicted molar refractivity (Wildman–Crippen MR) is 74.6 cm³/mol. The quantitative estimate of drug-likeness (QED) is 0.888. The molecule has 1 aliphatic rings. The first kappa shape index (κ1) is 14.2. The highest BCUT2D eigenvalue weighted by atomic mass is 35.5. The van der Waals surface area contributed by atoms with Gasteiger partial charge >= 0.3 is 5.97 Å². The molecule has 2 rings (SSSR count). The van der Waals surface area contributed by atoms with Crippen LogP contribution in [-0.2, 0) is 4.79 Å². The molecule has 4 heteroatoms. The van der Waals surface area contributed by atoms with E-state index in [1.54, 1.807) is 24.3 Å². The summed E-state index contributed by atoms with van der Waals surface area (Å²) in [7, 11) is 0. The van der Waals surface area contributed by atoms with Crippen LogP contribution in [0.2, 0.25) is 5.02 Å². The molecular weight excluding hydrogens is 264 g/mol. The van der Waals surface area contributed by atoms with Crippen LogP contribution in [0.15, 0.2) is 24.3 Å². The van der Waals surface area contributed by atoms with Crippen LogP contribution in [0.25, 0.3) is 0 Å². The zero-order chi connectivity index (χ0) is 13.7. The lowest BCUT2D eigenvalue weighted by Crippen LogP contribution is -2.30. The van der Waals surface area contributed by atoms with Crippen molar-refractivity contribution in [1.29, 1.82) is 0 Å². The second kappa shape index (κ2) is 6.80. The number of benzene rings is 1. The van der Waals surface area contributed by atoms with Crippen molar-refractivity contribution in [2.24, 2.45) is 11.8 Å². The molecule has 1 saturated carbocycles. The average Bonchev–Trinajstić information content (AvgIpc) is 2.40. The van der Waals surface area contributed by atoms with E-state index in [1.165, 1.54) is 6.42 Å². The number of halogens is 1. The summed E-state index contributed by atoms with van der Waals surface area (Å²) in [6.07, 6.45) is 5.47. The van der Waals surface area contributed by atoms with Crippen LogP contribution in [0, 0.1) is 11.8 Å². The minimum Gasteiger partial charge on any atom is -0.493 e. The van der Waals surface area contributed by atoms with Crippen molar-refractivity contribution in [3.8, 4) is 5.75 Å². The zero-order valence-corrected chi connectivity index (χ0v) is 11.6. The van der Waals surface area contributed by atoms with E-state index in [0.717, 1.165) is 25.7 Å². The molecule has 1 unspecified atom stereocenters. The van der Waals surface area contributed by atoms with E-state index in [4.69, 9.17) is 16.3 Å². The maximum Gasteiger partial charge on any atom is 0.310 e. The molecule has 19 heavy (non-hydrogen) atoms. The van der Waals surface area contributed by atoms with Crippen molar-refractivity contribution in [2.45, 2.75) is 32.1 Å². The summed E-state index contributed by atoms with van der Waals surface area (Å²) in [6, 6.07) is 7.07. The van der Waals surface area contributed by atoms with E-state index >= 15 is 0 Å². The van der Waals surface area contributed by atoms with E-state index in [2.05, 4.69) is 0 Å². The van der Waals surface area contributed by atoms with Crippen LogP contribution in [0.3, 0.4) is 0 Å². The maximum absolute atomic E-state index is 11.4. The predicted octanol–water partition coefficient (Wildman–Crippen LogP) is 4.00. The number of carboxylic acids is 1. The van der Waals surface area contributed by atoms with Crippen molar-refractivity contribution in [3.63, 3.8) is 0 Å². The first-order chi connectivity index (χ1) is 9.16. The average molecular weight is 283 g/mol. The van der Waals surface area contributed by atoms with Crippen LogP contribution in [-0.4, -0.2) is 17.7 Å². The molecule has 3 nitrogen and oxygen atoms in total. The molecule has 104 valence electrons. The highest BCUT2D eigenvalue weighted by molar-refractivity contribution is 6.30. The number of rotatable bonds is 5. The Kier molecular flexibility index (Phi) is 5.08.